The third kappa shape index (κ3) is 3.23. The van der Waals surface area contributed by atoms with E-state index in [0.29, 0.717) is 19.5 Å². The summed E-state index contributed by atoms with van der Waals surface area (Å²) in [5.74, 6) is 0.548. The Morgan fingerprint density at radius 3 is 2.65 bits per heavy atom. The number of hydrogen-bond donors (Lipinski definition) is 1. The molecule has 1 unspecified atom stereocenters. The quantitative estimate of drug-likeness (QED) is 0.752. The van der Waals surface area contributed by atoms with Gasteiger partial charge >= 0.3 is 0 Å². The van der Waals surface area contributed by atoms with Crippen molar-refractivity contribution in [3.05, 3.63) is 12.7 Å². The highest BCUT2D eigenvalue weighted by molar-refractivity contribution is 7.91. The van der Waals surface area contributed by atoms with Crippen molar-refractivity contribution in [3.8, 4) is 0 Å². The van der Waals surface area contributed by atoms with E-state index >= 15 is 0 Å². The smallest absolute Gasteiger partial charge is 0.226 e. The zero-order valence-corrected chi connectivity index (χ0v) is 12.6. The fourth-order valence-corrected chi connectivity index (χ4v) is 5.17. The topological polar surface area (TPSA) is 80.5 Å². The average Bonchev–Trinajstić information content (AvgIpc) is 3.01. The van der Waals surface area contributed by atoms with Crippen LogP contribution in [0.1, 0.15) is 25.7 Å². The van der Waals surface area contributed by atoms with Gasteiger partial charge < -0.3 is 10.6 Å². The first-order valence-electron chi connectivity index (χ1n) is 7.30. The Kier molecular flexibility index (Phi) is 4.86. The van der Waals surface area contributed by atoms with Gasteiger partial charge in [0.05, 0.1) is 11.5 Å². The molecule has 2 aliphatic rings. The minimum absolute atomic E-state index is 0.0387. The van der Waals surface area contributed by atoms with Crippen molar-refractivity contribution >= 4 is 15.7 Å². The summed E-state index contributed by atoms with van der Waals surface area (Å²) >= 11 is 0. The molecule has 1 aliphatic heterocycles. The van der Waals surface area contributed by atoms with Gasteiger partial charge in [0.25, 0.3) is 0 Å². The number of sulfone groups is 1. The molecule has 6 heteroatoms. The van der Waals surface area contributed by atoms with Crippen LogP contribution in [-0.4, -0.2) is 49.9 Å². The van der Waals surface area contributed by atoms with Crippen LogP contribution in [0.4, 0.5) is 0 Å². The monoisotopic (exact) mass is 300 g/mol. The van der Waals surface area contributed by atoms with Crippen LogP contribution in [0.25, 0.3) is 0 Å². The van der Waals surface area contributed by atoms with E-state index in [1.807, 2.05) is 0 Å². The van der Waals surface area contributed by atoms with Gasteiger partial charge in [-0.05, 0) is 31.7 Å². The molecule has 5 nitrogen and oxygen atoms in total. The summed E-state index contributed by atoms with van der Waals surface area (Å²) in [5, 5.41) is 0. The molecule has 20 heavy (non-hydrogen) atoms. The van der Waals surface area contributed by atoms with E-state index in [4.69, 9.17) is 5.73 Å². The van der Waals surface area contributed by atoms with E-state index in [9.17, 15) is 13.2 Å². The Labute approximate surface area is 121 Å². The lowest BCUT2D eigenvalue weighted by Crippen LogP contribution is -2.45. The first kappa shape index (κ1) is 15.5. The minimum atomic E-state index is -2.99. The number of amides is 1. The van der Waals surface area contributed by atoms with E-state index in [1.54, 1.807) is 11.0 Å². The predicted molar refractivity (Wildman–Crippen MR) is 78.9 cm³/mol. The SMILES string of the molecule is C=CCN(C(=O)[C@@H]1CCC[C@@H]1CN)C1CCS(=O)(=O)C1. The summed E-state index contributed by atoms with van der Waals surface area (Å²) in [4.78, 5) is 14.4. The van der Waals surface area contributed by atoms with Gasteiger partial charge in [0.15, 0.2) is 9.84 Å². The molecule has 0 bridgehead atoms. The van der Waals surface area contributed by atoms with Crippen LogP contribution in [0.2, 0.25) is 0 Å². The highest BCUT2D eigenvalue weighted by Crippen LogP contribution is 2.33. The highest BCUT2D eigenvalue weighted by Gasteiger charge is 2.39. The largest absolute Gasteiger partial charge is 0.335 e. The number of carbonyl (C=O) groups excluding carboxylic acids is 1. The Bertz CT molecular complexity index is 475. The van der Waals surface area contributed by atoms with Gasteiger partial charge in [-0.25, -0.2) is 8.42 Å². The maximum absolute atomic E-state index is 12.7. The van der Waals surface area contributed by atoms with Gasteiger partial charge in [0.1, 0.15) is 0 Å². The third-order valence-corrected chi connectivity index (χ3v) is 6.29. The first-order chi connectivity index (χ1) is 9.48. The summed E-state index contributed by atoms with van der Waals surface area (Å²) in [7, 11) is -2.99. The molecule has 2 N–H and O–H groups in total. The van der Waals surface area contributed by atoms with Gasteiger partial charge in [-0.1, -0.05) is 12.5 Å². The molecule has 0 aromatic heterocycles. The van der Waals surface area contributed by atoms with E-state index in [1.165, 1.54) is 0 Å². The van der Waals surface area contributed by atoms with Crippen molar-refractivity contribution in [3.63, 3.8) is 0 Å². The van der Waals surface area contributed by atoms with Crippen molar-refractivity contribution in [1.29, 1.82) is 0 Å². The zero-order valence-electron chi connectivity index (χ0n) is 11.8. The van der Waals surface area contributed by atoms with E-state index in [2.05, 4.69) is 6.58 Å². The van der Waals surface area contributed by atoms with Crippen LogP contribution >= 0.6 is 0 Å². The maximum atomic E-state index is 12.7. The molecule has 1 saturated heterocycles. The van der Waals surface area contributed by atoms with E-state index < -0.39 is 9.84 Å². The molecule has 114 valence electrons. The number of hydrogen-bond acceptors (Lipinski definition) is 4. The summed E-state index contributed by atoms with van der Waals surface area (Å²) < 4.78 is 23.3. The molecular weight excluding hydrogens is 276 g/mol. The van der Waals surface area contributed by atoms with Crippen LogP contribution in [-0.2, 0) is 14.6 Å². The number of carbonyl (C=O) groups is 1. The van der Waals surface area contributed by atoms with Crippen molar-refractivity contribution in [2.75, 3.05) is 24.6 Å². The van der Waals surface area contributed by atoms with Gasteiger partial charge in [-0.2, -0.15) is 0 Å². The van der Waals surface area contributed by atoms with Gasteiger partial charge in [-0.15, -0.1) is 6.58 Å². The molecule has 1 aliphatic carbocycles. The predicted octanol–water partition coefficient (Wildman–Crippen LogP) is 0.563. The second kappa shape index (κ2) is 6.26. The van der Waals surface area contributed by atoms with Crippen LogP contribution in [0.15, 0.2) is 12.7 Å². The molecule has 1 amide bonds. The standard InChI is InChI=1S/C14H24N2O3S/c1-2-7-16(12-6-8-20(18,19)10-12)14(17)13-5-3-4-11(13)9-15/h2,11-13H,1,3-10,15H2/t11-,12?,13-/m1/s1. The normalized spacial score (nSPS) is 32.1. The Balaban J connectivity index is 2.12. The molecule has 3 atom stereocenters. The first-order valence-corrected chi connectivity index (χ1v) is 9.12. The second-order valence-corrected chi connectivity index (χ2v) is 8.10. The number of nitrogens with two attached hydrogens (primary N) is 1. The number of nitrogens with zero attached hydrogens (tertiary/aromatic N) is 1. The summed E-state index contributed by atoms with van der Waals surface area (Å²) in [6, 6.07) is -0.190. The molecule has 1 heterocycles. The molecule has 0 radical (unpaired) electrons. The molecule has 0 aromatic carbocycles. The fourth-order valence-electron chi connectivity index (χ4n) is 3.44. The van der Waals surface area contributed by atoms with E-state index in [-0.39, 0.29) is 35.3 Å². The van der Waals surface area contributed by atoms with Gasteiger partial charge in [0, 0.05) is 18.5 Å². The van der Waals surface area contributed by atoms with Crippen LogP contribution in [0.3, 0.4) is 0 Å². The summed E-state index contributed by atoms with van der Waals surface area (Å²) in [5.41, 5.74) is 5.75. The lowest BCUT2D eigenvalue weighted by molar-refractivity contribution is -0.137. The van der Waals surface area contributed by atoms with Gasteiger partial charge in [0.2, 0.25) is 5.91 Å². The molecule has 2 fully saturated rings. The second-order valence-electron chi connectivity index (χ2n) is 5.87. The van der Waals surface area contributed by atoms with Crippen LogP contribution < -0.4 is 5.73 Å². The average molecular weight is 300 g/mol. The van der Waals surface area contributed by atoms with E-state index in [0.717, 1.165) is 19.3 Å². The van der Waals surface area contributed by atoms with Crippen molar-refractivity contribution < 1.29 is 13.2 Å². The van der Waals surface area contributed by atoms with Crippen molar-refractivity contribution in [2.45, 2.75) is 31.7 Å². The third-order valence-electron chi connectivity index (χ3n) is 4.54. The van der Waals surface area contributed by atoms with Crippen molar-refractivity contribution in [2.24, 2.45) is 17.6 Å². The van der Waals surface area contributed by atoms with Crippen molar-refractivity contribution in [1.82, 2.24) is 4.90 Å². The fraction of sp³-hybridized carbons (Fsp3) is 0.786. The Hall–Kier alpha value is -0.880. The van der Waals surface area contributed by atoms with Crippen LogP contribution in [0.5, 0.6) is 0 Å². The molecule has 0 spiro atoms. The molecule has 1 saturated carbocycles. The number of rotatable bonds is 5. The Morgan fingerprint density at radius 1 is 1.35 bits per heavy atom. The lowest BCUT2D eigenvalue weighted by Gasteiger charge is -2.31. The minimum Gasteiger partial charge on any atom is -0.335 e. The molecular formula is C14H24N2O3S. The zero-order chi connectivity index (χ0) is 14.8. The molecule has 0 aromatic rings. The Morgan fingerprint density at radius 2 is 2.10 bits per heavy atom. The van der Waals surface area contributed by atoms with Crippen LogP contribution in [0, 0.1) is 11.8 Å². The van der Waals surface area contributed by atoms with Gasteiger partial charge in [-0.3, -0.25) is 4.79 Å². The molecule has 2 rings (SSSR count). The lowest BCUT2D eigenvalue weighted by atomic mass is 9.94. The summed E-state index contributed by atoms with van der Waals surface area (Å²) in [6.45, 7) is 4.64. The highest BCUT2D eigenvalue weighted by atomic mass is 32.2. The summed E-state index contributed by atoms with van der Waals surface area (Å²) in [6.07, 6.45) is 5.12. The maximum Gasteiger partial charge on any atom is 0.226 e.